The van der Waals surface area contributed by atoms with Gasteiger partial charge in [-0.25, -0.2) is 0 Å². The molecule has 0 saturated heterocycles. The molecule has 0 amide bonds. The molecule has 0 spiro atoms. The molecule has 0 heterocycles. The first-order chi connectivity index (χ1) is 10.7. The standard InChI is InChI=1S/C15H17F3O4S/c16-15(17,18)12-3-7-14(8-4-12)23(20,21)22-10-9-11-1-5-13(19)6-2-11/h3-4,7-8,11H,1-2,5-6,9-10H2. The summed E-state index contributed by atoms with van der Waals surface area (Å²) in [4.78, 5) is 10.8. The molecule has 0 bridgehead atoms. The fourth-order valence-electron chi connectivity index (χ4n) is 2.49. The van der Waals surface area contributed by atoms with Gasteiger partial charge in [0.2, 0.25) is 0 Å². The topological polar surface area (TPSA) is 60.4 Å². The molecule has 2 rings (SSSR count). The Kier molecular flexibility index (Phi) is 5.46. The van der Waals surface area contributed by atoms with Gasteiger partial charge >= 0.3 is 6.18 Å². The number of rotatable bonds is 5. The monoisotopic (exact) mass is 350 g/mol. The predicted octanol–water partition coefficient (Wildman–Crippen LogP) is 3.56. The van der Waals surface area contributed by atoms with E-state index in [1.807, 2.05) is 0 Å². The van der Waals surface area contributed by atoms with Gasteiger partial charge in [-0.1, -0.05) is 0 Å². The van der Waals surface area contributed by atoms with Gasteiger partial charge in [0.15, 0.2) is 0 Å². The van der Waals surface area contributed by atoms with Crippen molar-refractivity contribution in [3.05, 3.63) is 29.8 Å². The van der Waals surface area contributed by atoms with Gasteiger partial charge in [0, 0.05) is 12.8 Å². The highest BCUT2D eigenvalue weighted by atomic mass is 32.2. The zero-order valence-corrected chi connectivity index (χ0v) is 13.1. The lowest BCUT2D eigenvalue weighted by atomic mass is 9.86. The van der Waals surface area contributed by atoms with Crippen LogP contribution in [0.1, 0.15) is 37.7 Å². The van der Waals surface area contributed by atoms with Gasteiger partial charge in [-0.15, -0.1) is 0 Å². The summed E-state index contributed by atoms with van der Waals surface area (Å²) in [6.07, 6.45) is -1.54. The molecule has 1 aliphatic rings. The van der Waals surface area contributed by atoms with Crippen LogP contribution in [0.25, 0.3) is 0 Å². The Morgan fingerprint density at radius 3 is 2.17 bits per heavy atom. The van der Waals surface area contributed by atoms with Crippen LogP contribution in [0.15, 0.2) is 29.2 Å². The lowest BCUT2D eigenvalue weighted by Crippen LogP contribution is -2.17. The number of carbonyl (C=O) groups excluding carboxylic acids is 1. The van der Waals surface area contributed by atoms with Crippen LogP contribution in [-0.4, -0.2) is 20.8 Å². The van der Waals surface area contributed by atoms with E-state index in [1.165, 1.54) is 0 Å². The lowest BCUT2D eigenvalue weighted by molar-refractivity contribution is -0.137. The molecule has 0 atom stereocenters. The normalized spacial score (nSPS) is 17.4. The number of ketones is 1. The minimum Gasteiger partial charge on any atom is -0.300 e. The van der Waals surface area contributed by atoms with Crippen molar-refractivity contribution in [2.75, 3.05) is 6.61 Å². The third kappa shape index (κ3) is 5.04. The highest BCUT2D eigenvalue weighted by Gasteiger charge is 2.30. The van der Waals surface area contributed by atoms with Crippen molar-refractivity contribution in [1.29, 1.82) is 0 Å². The molecule has 1 fully saturated rings. The second-order valence-corrected chi connectivity index (χ2v) is 7.18. The first-order valence-electron chi connectivity index (χ1n) is 7.27. The van der Waals surface area contributed by atoms with Crippen LogP contribution in [-0.2, 0) is 25.3 Å². The Bertz CT molecular complexity index is 640. The molecule has 1 aromatic rings. The number of carbonyl (C=O) groups is 1. The van der Waals surface area contributed by atoms with Crippen LogP contribution in [0.5, 0.6) is 0 Å². The summed E-state index contributed by atoms with van der Waals surface area (Å²) in [6, 6.07) is 3.20. The van der Waals surface area contributed by atoms with Gasteiger partial charge in [-0.2, -0.15) is 21.6 Å². The summed E-state index contributed by atoms with van der Waals surface area (Å²) in [6.45, 7) is -0.0395. The van der Waals surface area contributed by atoms with Crippen molar-refractivity contribution in [1.82, 2.24) is 0 Å². The van der Waals surface area contributed by atoms with Crippen molar-refractivity contribution >= 4 is 15.9 Å². The summed E-state index contributed by atoms with van der Waals surface area (Å²) < 4.78 is 66.1. The highest BCUT2D eigenvalue weighted by Crippen LogP contribution is 2.30. The lowest BCUT2D eigenvalue weighted by Gasteiger charge is -2.20. The number of hydrogen-bond donors (Lipinski definition) is 0. The number of halogens is 3. The average molecular weight is 350 g/mol. The summed E-state index contributed by atoms with van der Waals surface area (Å²) in [5, 5.41) is 0. The van der Waals surface area contributed by atoms with Crippen molar-refractivity contribution in [3.8, 4) is 0 Å². The Labute approximate surface area is 132 Å². The van der Waals surface area contributed by atoms with E-state index in [2.05, 4.69) is 0 Å². The SMILES string of the molecule is O=C1CCC(CCOS(=O)(=O)c2ccc(C(F)(F)F)cc2)CC1. The Balaban J connectivity index is 1.90. The molecule has 1 saturated carbocycles. The minimum atomic E-state index is -4.51. The maximum absolute atomic E-state index is 12.4. The molecule has 0 N–H and O–H groups in total. The van der Waals surface area contributed by atoms with Gasteiger partial charge in [0.1, 0.15) is 5.78 Å². The third-order valence-electron chi connectivity index (χ3n) is 3.90. The van der Waals surface area contributed by atoms with E-state index in [-0.39, 0.29) is 23.2 Å². The van der Waals surface area contributed by atoms with Crippen LogP contribution in [0.4, 0.5) is 13.2 Å². The van der Waals surface area contributed by atoms with Crippen LogP contribution in [0.2, 0.25) is 0 Å². The van der Waals surface area contributed by atoms with Gasteiger partial charge < -0.3 is 0 Å². The molecule has 1 aliphatic carbocycles. The van der Waals surface area contributed by atoms with Crippen molar-refractivity contribution in [3.63, 3.8) is 0 Å². The molecule has 0 unspecified atom stereocenters. The maximum Gasteiger partial charge on any atom is 0.416 e. The molecule has 8 heteroatoms. The number of alkyl halides is 3. The minimum absolute atomic E-state index is 0.0395. The zero-order chi connectivity index (χ0) is 17.1. The van der Waals surface area contributed by atoms with E-state index in [9.17, 15) is 26.4 Å². The van der Waals surface area contributed by atoms with Crippen LogP contribution in [0, 0.1) is 5.92 Å². The summed E-state index contributed by atoms with van der Waals surface area (Å²) >= 11 is 0. The highest BCUT2D eigenvalue weighted by molar-refractivity contribution is 7.86. The molecule has 4 nitrogen and oxygen atoms in total. The third-order valence-corrected chi connectivity index (χ3v) is 5.22. The second kappa shape index (κ2) is 7.00. The fraction of sp³-hybridized carbons (Fsp3) is 0.533. The van der Waals surface area contributed by atoms with E-state index in [1.54, 1.807) is 0 Å². The largest absolute Gasteiger partial charge is 0.416 e. The van der Waals surface area contributed by atoms with Crippen LogP contribution < -0.4 is 0 Å². The van der Waals surface area contributed by atoms with E-state index < -0.39 is 21.9 Å². The summed E-state index contributed by atoms with van der Waals surface area (Å²) in [7, 11) is -4.07. The summed E-state index contributed by atoms with van der Waals surface area (Å²) in [5.74, 6) is 0.468. The molecule has 128 valence electrons. The fourth-order valence-corrected chi connectivity index (χ4v) is 3.41. The molecular weight excluding hydrogens is 333 g/mol. The Hall–Kier alpha value is -1.41. The van der Waals surface area contributed by atoms with Crippen molar-refractivity contribution in [2.45, 2.75) is 43.2 Å². The van der Waals surface area contributed by atoms with Crippen LogP contribution in [0.3, 0.4) is 0 Å². The number of hydrogen-bond acceptors (Lipinski definition) is 4. The number of benzene rings is 1. The van der Waals surface area contributed by atoms with E-state index in [4.69, 9.17) is 4.18 Å². The molecular formula is C15H17F3O4S. The maximum atomic E-state index is 12.4. The second-order valence-electron chi connectivity index (χ2n) is 5.57. The first-order valence-corrected chi connectivity index (χ1v) is 8.68. The predicted molar refractivity (Wildman–Crippen MR) is 76.2 cm³/mol. The Morgan fingerprint density at radius 1 is 1.09 bits per heavy atom. The smallest absolute Gasteiger partial charge is 0.300 e. The first kappa shape index (κ1) is 17.9. The van der Waals surface area contributed by atoms with E-state index in [0.717, 1.165) is 25.0 Å². The van der Waals surface area contributed by atoms with Gasteiger partial charge in [-0.05, 0) is 49.4 Å². The molecule has 0 aliphatic heterocycles. The molecule has 0 radical (unpaired) electrons. The summed E-state index contributed by atoms with van der Waals surface area (Å²) in [5.41, 5.74) is -0.914. The van der Waals surface area contributed by atoms with Crippen LogP contribution >= 0.6 is 0 Å². The molecule has 23 heavy (non-hydrogen) atoms. The van der Waals surface area contributed by atoms with E-state index in [0.29, 0.717) is 31.4 Å². The zero-order valence-electron chi connectivity index (χ0n) is 12.3. The quantitative estimate of drug-likeness (QED) is 0.762. The average Bonchev–Trinajstić information content (AvgIpc) is 2.48. The number of Topliss-reactive ketones (excluding diaryl/α,β-unsaturated/α-hetero) is 1. The van der Waals surface area contributed by atoms with Gasteiger partial charge in [-0.3, -0.25) is 8.98 Å². The molecule has 1 aromatic carbocycles. The Morgan fingerprint density at radius 2 is 1.65 bits per heavy atom. The van der Waals surface area contributed by atoms with E-state index >= 15 is 0 Å². The molecule has 0 aromatic heterocycles. The van der Waals surface area contributed by atoms with Crippen molar-refractivity contribution < 1.29 is 30.6 Å². The van der Waals surface area contributed by atoms with Gasteiger partial charge in [0.05, 0.1) is 17.1 Å². The van der Waals surface area contributed by atoms with Crippen molar-refractivity contribution in [2.24, 2.45) is 5.92 Å². The van der Waals surface area contributed by atoms with Gasteiger partial charge in [0.25, 0.3) is 10.1 Å².